The predicted octanol–water partition coefficient (Wildman–Crippen LogP) is 27.0. The Morgan fingerprint density at radius 2 is 0.590 bits per heavy atom. The van der Waals surface area contributed by atoms with E-state index in [4.69, 9.17) is 8.83 Å². The van der Waals surface area contributed by atoms with Crippen LogP contribution < -0.4 is 9.80 Å². The average molecular weight is 1280 g/mol. The lowest BCUT2D eigenvalue weighted by Crippen LogP contribution is -2.16. The van der Waals surface area contributed by atoms with Gasteiger partial charge in [-0.15, -0.1) is 0 Å². The van der Waals surface area contributed by atoms with E-state index in [0.29, 0.717) is 0 Å². The first-order valence-corrected chi connectivity index (χ1v) is 34.7. The molecule has 0 saturated heterocycles. The molecule has 2 aromatic heterocycles. The minimum atomic E-state index is -0.289. The summed E-state index contributed by atoms with van der Waals surface area (Å²) in [6.45, 7) is 9.46. The van der Waals surface area contributed by atoms with Gasteiger partial charge in [0.15, 0.2) is 0 Å². The molecule has 4 heteroatoms. The number of hydrogen-bond donors (Lipinski definition) is 0. The second-order valence-electron chi connectivity index (χ2n) is 28.0. The minimum Gasteiger partial charge on any atom is -0.456 e. The van der Waals surface area contributed by atoms with Gasteiger partial charge in [-0.2, -0.15) is 0 Å². The van der Waals surface area contributed by atoms with Crippen LogP contribution in [0.5, 0.6) is 0 Å². The van der Waals surface area contributed by atoms with Crippen LogP contribution >= 0.6 is 0 Å². The van der Waals surface area contributed by atoms with E-state index in [2.05, 4.69) is 365 Å². The lowest BCUT2D eigenvalue weighted by atomic mass is 9.81. The molecule has 15 aromatic carbocycles. The molecule has 0 radical (unpaired) electrons. The Morgan fingerprint density at radius 3 is 1.24 bits per heavy atom. The minimum absolute atomic E-state index is 0.153. The van der Waals surface area contributed by atoms with E-state index in [1.807, 2.05) is 12.1 Å². The third-order valence-electron chi connectivity index (χ3n) is 21.5. The maximum atomic E-state index is 7.03. The molecule has 17 aromatic rings. The Bertz CT molecular complexity index is 6060. The normalized spacial score (nSPS) is 13.2. The molecule has 100 heavy (non-hydrogen) atoms. The number of nitrogens with zero attached hydrogens (tertiary/aromatic N) is 2. The van der Waals surface area contributed by atoms with Crippen molar-refractivity contribution in [1.29, 1.82) is 0 Å². The molecule has 2 aliphatic carbocycles. The molecular formula is C96H68N2O2. The van der Waals surface area contributed by atoms with Crippen molar-refractivity contribution in [3.8, 4) is 89.0 Å². The first kappa shape index (κ1) is 58.8. The summed E-state index contributed by atoms with van der Waals surface area (Å²) in [4.78, 5) is 4.79. The lowest BCUT2D eigenvalue weighted by Gasteiger charge is -2.28. The van der Waals surface area contributed by atoms with Gasteiger partial charge < -0.3 is 18.6 Å². The molecule has 0 bridgehead atoms. The fraction of sp³-hybridized carbons (Fsp3) is 0.0625. The zero-order valence-electron chi connectivity index (χ0n) is 56.0. The second kappa shape index (κ2) is 23.1. The summed E-state index contributed by atoms with van der Waals surface area (Å²) in [5.41, 5.74) is 34.1. The summed E-state index contributed by atoms with van der Waals surface area (Å²) in [6, 6.07) is 124. The molecule has 2 heterocycles. The highest BCUT2D eigenvalue weighted by Crippen LogP contribution is 2.54. The van der Waals surface area contributed by atoms with Crippen molar-refractivity contribution in [2.24, 2.45) is 0 Å². The van der Waals surface area contributed by atoms with Gasteiger partial charge in [0.2, 0.25) is 0 Å². The van der Waals surface area contributed by atoms with Gasteiger partial charge in [-0.1, -0.05) is 258 Å². The van der Waals surface area contributed by atoms with Crippen molar-refractivity contribution >= 4 is 78.0 Å². The van der Waals surface area contributed by atoms with E-state index >= 15 is 0 Å². The highest BCUT2D eigenvalue weighted by molar-refractivity contribution is 6.16. The van der Waals surface area contributed by atoms with Crippen molar-refractivity contribution in [3.63, 3.8) is 0 Å². The van der Waals surface area contributed by atoms with Crippen molar-refractivity contribution in [2.45, 2.75) is 38.5 Å². The smallest absolute Gasteiger partial charge is 0.143 e. The molecule has 0 aliphatic heterocycles. The molecule has 2 aliphatic rings. The number of benzene rings is 15. The maximum absolute atomic E-state index is 7.03. The van der Waals surface area contributed by atoms with Gasteiger partial charge in [0, 0.05) is 72.1 Å². The van der Waals surface area contributed by atoms with Crippen LogP contribution in [0.2, 0.25) is 0 Å². The SMILES string of the molecule is CC1(C)c2ccccc2-c2ccc(N(c3ccc(-c4cccc(-c5cccc6oc7c(-c8ccc9c(c8)C(C)(C)c8cc(N(c%10ccccc%10)c%10ccc(-c%11ccc(-c%12ccccc%12)cc%11)cc%10)ccc8-9)cccc7c56)c4)cc3)c3ccc(-c4ccc5oc6ccccc6c5c4)cc3)cc21. The van der Waals surface area contributed by atoms with Crippen LogP contribution in [-0.4, -0.2) is 0 Å². The molecule has 19 rings (SSSR count). The predicted molar refractivity (Wildman–Crippen MR) is 418 cm³/mol. The van der Waals surface area contributed by atoms with Crippen molar-refractivity contribution < 1.29 is 8.83 Å². The summed E-state index contributed by atoms with van der Waals surface area (Å²) >= 11 is 0. The van der Waals surface area contributed by atoms with Crippen molar-refractivity contribution in [2.75, 3.05) is 9.80 Å². The van der Waals surface area contributed by atoms with Gasteiger partial charge in [0.25, 0.3) is 0 Å². The van der Waals surface area contributed by atoms with E-state index in [-0.39, 0.29) is 10.8 Å². The number of anilines is 6. The standard InChI is InChI=1S/C96H68N2O2/c1-95(2)86-29-13-11-24-79(86)81-53-50-76(59-88(81)95)98(74-48-40-66(41-49-74)68-43-55-91-85(57-68)83-25-12-14-30-90(83)99-91)73-46-38-65(39-47-73)67-20-15-21-69(56-67)77-26-17-31-92-93(77)84-28-16-27-78(94(84)100-92)70-42-52-80-82-54-51-75(60-89(82)96(3,4)87(80)58-70)97(71-22-9-6-10-23-71)72-44-36-64(37-45-72)63-34-32-62(33-35-63)61-18-7-5-8-19-61/h5-60H,1-4H3. The van der Waals surface area contributed by atoms with Gasteiger partial charge >= 0.3 is 0 Å². The quantitative estimate of drug-likeness (QED) is 0.122. The Hall–Kier alpha value is -12.5. The number of para-hydroxylation sites is 3. The van der Waals surface area contributed by atoms with E-state index in [1.54, 1.807) is 0 Å². The highest BCUT2D eigenvalue weighted by Gasteiger charge is 2.38. The molecule has 0 spiro atoms. The summed E-state index contributed by atoms with van der Waals surface area (Å²) in [6.07, 6.45) is 0. The van der Waals surface area contributed by atoms with Crippen molar-refractivity contribution in [3.05, 3.63) is 362 Å². The largest absolute Gasteiger partial charge is 0.456 e. The zero-order valence-corrected chi connectivity index (χ0v) is 56.0. The first-order chi connectivity index (χ1) is 49.1. The molecule has 0 amide bonds. The summed E-state index contributed by atoms with van der Waals surface area (Å²) in [5, 5.41) is 4.46. The molecule has 0 fully saturated rings. The van der Waals surface area contributed by atoms with E-state index in [9.17, 15) is 0 Å². The van der Waals surface area contributed by atoms with Gasteiger partial charge in [-0.3, -0.25) is 0 Å². The average Bonchev–Trinajstić information content (AvgIpc) is 1.58. The van der Waals surface area contributed by atoms with Gasteiger partial charge in [-0.25, -0.2) is 0 Å². The van der Waals surface area contributed by atoms with Gasteiger partial charge in [-0.05, 0) is 215 Å². The number of rotatable bonds is 12. The summed E-state index contributed by atoms with van der Waals surface area (Å²) in [7, 11) is 0. The Labute approximate surface area is 582 Å². The van der Waals surface area contributed by atoms with Crippen molar-refractivity contribution in [1.82, 2.24) is 0 Å². The third kappa shape index (κ3) is 9.65. The topological polar surface area (TPSA) is 32.8 Å². The summed E-state index contributed by atoms with van der Waals surface area (Å²) in [5.74, 6) is 0. The molecule has 474 valence electrons. The monoisotopic (exact) mass is 1280 g/mol. The Balaban J connectivity index is 0.624. The third-order valence-corrected chi connectivity index (χ3v) is 21.5. The maximum Gasteiger partial charge on any atom is 0.143 e. The fourth-order valence-electron chi connectivity index (χ4n) is 16.3. The zero-order chi connectivity index (χ0) is 66.8. The molecule has 0 unspecified atom stereocenters. The lowest BCUT2D eigenvalue weighted by molar-refractivity contribution is 0.660. The van der Waals surface area contributed by atoms with Crippen LogP contribution in [0.25, 0.3) is 133 Å². The molecular weight excluding hydrogens is 1210 g/mol. The van der Waals surface area contributed by atoms with Crippen LogP contribution in [0.4, 0.5) is 34.1 Å². The van der Waals surface area contributed by atoms with Crippen LogP contribution in [0.1, 0.15) is 49.9 Å². The van der Waals surface area contributed by atoms with E-state index in [1.165, 1.54) is 66.8 Å². The van der Waals surface area contributed by atoms with Gasteiger partial charge in [0.1, 0.15) is 22.3 Å². The van der Waals surface area contributed by atoms with Crippen LogP contribution in [-0.2, 0) is 10.8 Å². The first-order valence-electron chi connectivity index (χ1n) is 34.7. The van der Waals surface area contributed by atoms with Gasteiger partial charge in [0.05, 0.1) is 0 Å². The van der Waals surface area contributed by atoms with Crippen LogP contribution in [0.15, 0.2) is 349 Å². The Morgan fingerprint density at radius 1 is 0.210 bits per heavy atom. The molecule has 0 N–H and O–H groups in total. The molecule has 4 nitrogen and oxygen atoms in total. The second-order valence-corrected chi connectivity index (χ2v) is 28.0. The van der Waals surface area contributed by atoms with E-state index in [0.717, 1.165) is 123 Å². The van der Waals surface area contributed by atoms with Crippen LogP contribution in [0, 0.1) is 0 Å². The van der Waals surface area contributed by atoms with Crippen LogP contribution in [0.3, 0.4) is 0 Å². The Kier molecular flexibility index (Phi) is 13.6. The highest BCUT2D eigenvalue weighted by atomic mass is 16.3. The summed E-state index contributed by atoms with van der Waals surface area (Å²) < 4.78 is 13.2. The number of fused-ring (bicyclic) bond motifs is 12. The molecule has 0 atom stereocenters. The van der Waals surface area contributed by atoms with E-state index < -0.39 is 0 Å². The fourth-order valence-corrected chi connectivity index (χ4v) is 16.3. The molecule has 0 saturated carbocycles. The number of hydrogen-bond acceptors (Lipinski definition) is 4. The number of furan rings is 2.